The molecule has 128 valence electrons. The van der Waals surface area contributed by atoms with Crippen molar-refractivity contribution < 1.29 is 14.0 Å². The first kappa shape index (κ1) is 18.3. The first-order valence-electron chi connectivity index (χ1n) is 8.33. The summed E-state index contributed by atoms with van der Waals surface area (Å²) in [4.78, 5) is 2.26. The molecule has 0 radical (unpaired) electrons. The summed E-state index contributed by atoms with van der Waals surface area (Å²) < 4.78 is 18.0. The summed E-state index contributed by atoms with van der Waals surface area (Å²) in [6.45, 7) is 14.4. The van der Waals surface area contributed by atoms with Gasteiger partial charge >= 0.3 is 7.12 Å². The zero-order chi connectivity index (χ0) is 17.4. The Morgan fingerprint density at radius 1 is 1.13 bits per heavy atom. The summed E-state index contributed by atoms with van der Waals surface area (Å²) in [6, 6.07) is 4.26. The molecule has 0 atom stereocenters. The lowest BCUT2D eigenvalue weighted by atomic mass is 9.77. The van der Waals surface area contributed by atoms with Crippen LogP contribution in [-0.2, 0) is 15.9 Å². The third-order valence-corrected chi connectivity index (χ3v) is 5.08. The minimum absolute atomic E-state index is 0.328. The average Bonchev–Trinajstić information content (AvgIpc) is 2.67. The van der Waals surface area contributed by atoms with E-state index in [1.807, 2.05) is 0 Å². The molecule has 2 rings (SSSR count). The van der Waals surface area contributed by atoms with Gasteiger partial charge in [-0.05, 0) is 59.2 Å². The fourth-order valence-electron chi connectivity index (χ4n) is 2.80. The molecule has 5 heteroatoms. The predicted molar refractivity (Wildman–Crippen MR) is 95.5 cm³/mol. The molecule has 23 heavy (non-hydrogen) atoms. The second-order valence-corrected chi connectivity index (χ2v) is 7.45. The highest BCUT2D eigenvalue weighted by Crippen LogP contribution is 2.37. The summed E-state index contributed by atoms with van der Waals surface area (Å²) in [6.07, 6.45) is 0. The van der Waals surface area contributed by atoms with Gasteiger partial charge in [-0.1, -0.05) is 19.1 Å². The van der Waals surface area contributed by atoms with E-state index < -0.39 is 0 Å². The molecule has 1 fully saturated rings. The predicted octanol–water partition coefficient (Wildman–Crippen LogP) is 2.75. The standard InChI is InChI=1S/C18H30BNO3/c1-9-20(7)12-14-11-15(10-13(2)16(14)21-8)19-22-17(3,4)18(5,6)23-19/h10-11H,9,12H2,1-8H3. The van der Waals surface area contributed by atoms with Crippen molar-refractivity contribution in [3.05, 3.63) is 23.3 Å². The van der Waals surface area contributed by atoms with Crippen LogP contribution in [-0.4, -0.2) is 43.9 Å². The second-order valence-electron chi connectivity index (χ2n) is 7.45. The van der Waals surface area contributed by atoms with E-state index in [1.165, 1.54) is 5.56 Å². The molecule has 0 unspecified atom stereocenters. The van der Waals surface area contributed by atoms with Crippen LogP contribution in [0.1, 0.15) is 45.7 Å². The Balaban J connectivity index is 2.37. The molecule has 4 nitrogen and oxygen atoms in total. The summed E-state index contributed by atoms with van der Waals surface area (Å²) in [5.41, 5.74) is 2.68. The van der Waals surface area contributed by atoms with Crippen LogP contribution in [0, 0.1) is 6.92 Å². The van der Waals surface area contributed by atoms with Gasteiger partial charge in [0.15, 0.2) is 0 Å². The molecule has 0 N–H and O–H groups in total. The highest BCUT2D eigenvalue weighted by atomic mass is 16.7. The Morgan fingerprint density at radius 3 is 2.17 bits per heavy atom. The lowest BCUT2D eigenvalue weighted by molar-refractivity contribution is 0.00578. The number of benzene rings is 1. The normalized spacial score (nSPS) is 19.4. The van der Waals surface area contributed by atoms with Gasteiger partial charge in [-0.15, -0.1) is 0 Å². The van der Waals surface area contributed by atoms with Gasteiger partial charge in [0.25, 0.3) is 0 Å². The maximum atomic E-state index is 6.19. The summed E-state index contributed by atoms with van der Waals surface area (Å²) >= 11 is 0. The molecule has 1 aromatic carbocycles. The number of methoxy groups -OCH3 is 1. The van der Waals surface area contributed by atoms with Crippen LogP contribution in [0.25, 0.3) is 0 Å². The highest BCUT2D eigenvalue weighted by molar-refractivity contribution is 6.62. The van der Waals surface area contributed by atoms with E-state index in [-0.39, 0.29) is 18.3 Å². The van der Waals surface area contributed by atoms with Crippen molar-refractivity contribution in [2.45, 2.75) is 59.3 Å². The van der Waals surface area contributed by atoms with E-state index in [4.69, 9.17) is 14.0 Å². The fourth-order valence-corrected chi connectivity index (χ4v) is 2.80. The fraction of sp³-hybridized carbons (Fsp3) is 0.667. The Morgan fingerprint density at radius 2 is 1.70 bits per heavy atom. The molecule has 0 aromatic heterocycles. The van der Waals surface area contributed by atoms with Crippen molar-refractivity contribution in [2.24, 2.45) is 0 Å². The zero-order valence-electron chi connectivity index (χ0n) is 15.8. The van der Waals surface area contributed by atoms with Crippen molar-refractivity contribution in [2.75, 3.05) is 20.7 Å². The Bertz CT molecular complexity index is 556. The van der Waals surface area contributed by atoms with E-state index in [9.17, 15) is 0 Å². The molecule has 0 amide bonds. The van der Waals surface area contributed by atoms with Crippen LogP contribution in [0.4, 0.5) is 0 Å². The van der Waals surface area contributed by atoms with Crippen molar-refractivity contribution in [3.8, 4) is 5.75 Å². The maximum absolute atomic E-state index is 6.19. The molecular formula is C18H30BNO3. The largest absolute Gasteiger partial charge is 0.496 e. The van der Waals surface area contributed by atoms with Crippen LogP contribution in [0.5, 0.6) is 5.75 Å². The van der Waals surface area contributed by atoms with E-state index in [1.54, 1.807) is 7.11 Å². The van der Waals surface area contributed by atoms with Crippen LogP contribution in [0.3, 0.4) is 0 Å². The zero-order valence-corrected chi connectivity index (χ0v) is 15.8. The minimum Gasteiger partial charge on any atom is -0.496 e. The van der Waals surface area contributed by atoms with Gasteiger partial charge in [0.05, 0.1) is 18.3 Å². The monoisotopic (exact) mass is 319 g/mol. The van der Waals surface area contributed by atoms with Crippen molar-refractivity contribution >= 4 is 12.6 Å². The van der Waals surface area contributed by atoms with Crippen LogP contribution < -0.4 is 10.2 Å². The molecule has 1 aliphatic heterocycles. The highest BCUT2D eigenvalue weighted by Gasteiger charge is 2.51. The van der Waals surface area contributed by atoms with Crippen molar-refractivity contribution in [1.82, 2.24) is 4.90 Å². The Labute approximate surface area is 141 Å². The molecule has 0 aliphatic carbocycles. The molecule has 1 saturated heterocycles. The van der Waals surface area contributed by atoms with Crippen LogP contribution in [0.2, 0.25) is 0 Å². The van der Waals surface area contributed by atoms with E-state index in [0.29, 0.717) is 0 Å². The van der Waals surface area contributed by atoms with Crippen LogP contribution >= 0.6 is 0 Å². The molecule has 1 aliphatic rings. The minimum atomic E-state index is -0.338. The number of hydrogen-bond acceptors (Lipinski definition) is 4. The van der Waals surface area contributed by atoms with E-state index in [2.05, 4.69) is 65.6 Å². The first-order chi connectivity index (χ1) is 10.6. The lowest BCUT2D eigenvalue weighted by Gasteiger charge is -2.32. The molecule has 0 saturated carbocycles. The van der Waals surface area contributed by atoms with Gasteiger partial charge in [0.1, 0.15) is 5.75 Å². The number of nitrogens with zero attached hydrogens (tertiary/aromatic N) is 1. The lowest BCUT2D eigenvalue weighted by Crippen LogP contribution is -2.41. The number of aryl methyl sites for hydroxylation is 1. The number of hydrogen-bond donors (Lipinski definition) is 0. The third-order valence-electron chi connectivity index (χ3n) is 5.08. The van der Waals surface area contributed by atoms with E-state index >= 15 is 0 Å². The van der Waals surface area contributed by atoms with Crippen LogP contribution in [0.15, 0.2) is 12.1 Å². The van der Waals surface area contributed by atoms with Crippen molar-refractivity contribution in [3.63, 3.8) is 0 Å². The summed E-state index contributed by atoms with van der Waals surface area (Å²) in [5, 5.41) is 0. The van der Waals surface area contributed by atoms with E-state index in [0.717, 1.165) is 29.9 Å². The number of ether oxygens (including phenoxy) is 1. The quantitative estimate of drug-likeness (QED) is 0.781. The average molecular weight is 319 g/mol. The summed E-state index contributed by atoms with van der Waals surface area (Å²) in [5.74, 6) is 0.950. The Hall–Kier alpha value is -1.04. The second kappa shape index (κ2) is 6.46. The molecule has 1 aromatic rings. The van der Waals surface area contributed by atoms with Gasteiger partial charge in [0, 0.05) is 12.1 Å². The SMILES string of the molecule is CCN(C)Cc1cc(B2OC(C)(C)C(C)(C)O2)cc(C)c1OC. The van der Waals surface area contributed by atoms with Gasteiger partial charge in [-0.3, -0.25) is 0 Å². The number of rotatable bonds is 5. The molecule has 0 spiro atoms. The van der Waals surface area contributed by atoms with Gasteiger partial charge in [-0.2, -0.15) is 0 Å². The topological polar surface area (TPSA) is 30.9 Å². The first-order valence-corrected chi connectivity index (χ1v) is 8.33. The summed E-state index contributed by atoms with van der Waals surface area (Å²) in [7, 11) is 3.50. The van der Waals surface area contributed by atoms with Gasteiger partial charge in [-0.25, -0.2) is 0 Å². The maximum Gasteiger partial charge on any atom is 0.494 e. The van der Waals surface area contributed by atoms with Gasteiger partial charge in [0.2, 0.25) is 0 Å². The molecule has 1 heterocycles. The van der Waals surface area contributed by atoms with Crippen molar-refractivity contribution in [1.29, 1.82) is 0 Å². The third kappa shape index (κ3) is 3.57. The Kier molecular flexibility index (Phi) is 5.14. The molecular weight excluding hydrogens is 289 g/mol. The molecule has 0 bridgehead atoms. The smallest absolute Gasteiger partial charge is 0.494 e. The van der Waals surface area contributed by atoms with Gasteiger partial charge < -0.3 is 18.9 Å².